The topological polar surface area (TPSA) is 40.5 Å². The molecule has 0 heterocycles. The summed E-state index contributed by atoms with van der Waals surface area (Å²) in [5.74, 6) is -2.23. The van der Waals surface area contributed by atoms with Crippen LogP contribution in [0, 0.1) is 11.6 Å². The van der Waals surface area contributed by atoms with E-state index in [1.807, 2.05) is 0 Å². The summed E-state index contributed by atoms with van der Waals surface area (Å²) in [5.41, 5.74) is -0.109. The van der Waals surface area contributed by atoms with Crippen molar-refractivity contribution in [2.75, 3.05) is 5.88 Å². The van der Waals surface area contributed by atoms with Crippen LogP contribution in [0.5, 0.6) is 0 Å². The summed E-state index contributed by atoms with van der Waals surface area (Å²) in [6.45, 7) is 0. The van der Waals surface area contributed by atoms with Crippen LogP contribution in [-0.4, -0.2) is 22.2 Å². The van der Waals surface area contributed by atoms with Crippen LogP contribution in [0.4, 0.5) is 8.78 Å². The van der Waals surface area contributed by atoms with Crippen LogP contribution in [0.25, 0.3) is 0 Å². The normalized spacial score (nSPS) is 15.1. The summed E-state index contributed by atoms with van der Waals surface area (Å²) in [4.78, 5) is 0. The summed E-state index contributed by atoms with van der Waals surface area (Å²) in [6, 6.07) is 1.71. The highest BCUT2D eigenvalue weighted by atomic mass is 35.5. The molecule has 0 amide bonds. The third-order valence-corrected chi connectivity index (χ3v) is 2.55. The Morgan fingerprint density at radius 2 is 1.67 bits per heavy atom. The van der Waals surface area contributed by atoms with Gasteiger partial charge in [0.1, 0.15) is 22.8 Å². The van der Waals surface area contributed by atoms with E-state index in [-0.39, 0.29) is 11.4 Å². The van der Waals surface area contributed by atoms with Gasteiger partial charge in [0.2, 0.25) is 0 Å². The molecule has 0 aliphatic rings. The zero-order valence-corrected chi connectivity index (χ0v) is 8.93. The molecular weight excluding hydrogens is 249 g/mol. The minimum absolute atomic E-state index is 0.109. The number of alkyl halides is 1. The zero-order chi connectivity index (χ0) is 11.6. The molecule has 0 spiro atoms. The highest BCUT2D eigenvalue weighted by Gasteiger charge is 2.20. The fourth-order valence-electron chi connectivity index (χ4n) is 1.05. The van der Waals surface area contributed by atoms with Crippen molar-refractivity contribution in [2.24, 2.45) is 0 Å². The molecule has 0 aliphatic carbocycles. The lowest BCUT2D eigenvalue weighted by Gasteiger charge is -2.16. The maximum atomic E-state index is 13.0. The highest BCUT2D eigenvalue weighted by Crippen LogP contribution is 2.25. The van der Waals surface area contributed by atoms with Crippen LogP contribution in [0.2, 0.25) is 5.02 Å². The first-order valence-corrected chi connectivity index (χ1v) is 4.95. The van der Waals surface area contributed by atoms with Crippen molar-refractivity contribution in [2.45, 2.75) is 12.2 Å². The van der Waals surface area contributed by atoms with E-state index in [4.69, 9.17) is 23.2 Å². The lowest BCUT2D eigenvalue weighted by atomic mass is 10.1. The number of halogens is 4. The van der Waals surface area contributed by atoms with Crippen molar-refractivity contribution in [3.8, 4) is 0 Å². The van der Waals surface area contributed by atoms with E-state index in [2.05, 4.69) is 0 Å². The number of hydrogen-bond donors (Lipinski definition) is 2. The largest absolute Gasteiger partial charge is 0.389 e. The van der Waals surface area contributed by atoms with E-state index in [9.17, 15) is 19.0 Å². The molecule has 2 nitrogen and oxygen atoms in total. The van der Waals surface area contributed by atoms with Crippen molar-refractivity contribution in [3.63, 3.8) is 0 Å². The third-order valence-electron chi connectivity index (χ3n) is 1.87. The highest BCUT2D eigenvalue weighted by molar-refractivity contribution is 6.30. The molecule has 0 radical (unpaired) electrons. The second kappa shape index (κ2) is 5.07. The second-order valence-corrected chi connectivity index (χ2v) is 3.65. The molecule has 0 aromatic heterocycles. The van der Waals surface area contributed by atoms with Gasteiger partial charge >= 0.3 is 0 Å². The first kappa shape index (κ1) is 12.6. The van der Waals surface area contributed by atoms with E-state index < -0.39 is 28.9 Å². The predicted molar refractivity (Wildman–Crippen MR) is 53.1 cm³/mol. The Morgan fingerprint density at radius 3 is 2.07 bits per heavy atom. The average Bonchev–Trinajstić information content (AvgIpc) is 2.23. The van der Waals surface area contributed by atoms with Crippen LogP contribution in [0.3, 0.4) is 0 Å². The fourth-order valence-corrected chi connectivity index (χ4v) is 1.33. The van der Waals surface area contributed by atoms with Gasteiger partial charge in [-0.2, -0.15) is 0 Å². The number of rotatable bonds is 3. The molecule has 0 fully saturated rings. The maximum absolute atomic E-state index is 13.0. The van der Waals surface area contributed by atoms with Gasteiger partial charge in [-0.15, -0.1) is 11.6 Å². The van der Waals surface area contributed by atoms with Gasteiger partial charge in [-0.05, 0) is 17.7 Å². The van der Waals surface area contributed by atoms with E-state index in [0.717, 1.165) is 12.1 Å². The molecule has 1 rings (SSSR count). The van der Waals surface area contributed by atoms with Crippen LogP contribution in [0.1, 0.15) is 11.7 Å². The van der Waals surface area contributed by atoms with Gasteiger partial charge in [-0.1, -0.05) is 11.6 Å². The fraction of sp³-hybridized carbons (Fsp3) is 0.333. The Labute approximate surface area is 95.1 Å². The number of aliphatic hydroxyl groups excluding tert-OH is 2. The van der Waals surface area contributed by atoms with Crippen LogP contribution >= 0.6 is 23.2 Å². The molecule has 15 heavy (non-hydrogen) atoms. The van der Waals surface area contributed by atoms with E-state index in [1.54, 1.807) is 0 Å². The monoisotopic (exact) mass is 256 g/mol. The van der Waals surface area contributed by atoms with E-state index in [0.29, 0.717) is 0 Å². The van der Waals surface area contributed by atoms with Crippen LogP contribution < -0.4 is 0 Å². The van der Waals surface area contributed by atoms with E-state index >= 15 is 0 Å². The first-order valence-electron chi connectivity index (χ1n) is 4.04. The van der Waals surface area contributed by atoms with Crippen molar-refractivity contribution >= 4 is 23.2 Å². The lowest BCUT2D eigenvalue weighted by Crippen LogP contribution is -2.20. The molecule has 0 saturated heterocycles. The Bertz CT molecular complexity index is 337. The molecule has 0 saturated carbocycles. The molecule has 1 aromatic rings. The Hall–Kier alpha value is -0.420. The molecule has 1 aromatic carbocycles. The van der Waals surface area contributed by atoms with E-state index in [1.165, 1.54) is 0 Å². The van der Waals surface area contributed by atoms with Gasteiger partial charge in [0.15, 0.2) is 0 Å². The minimum Gasteiger partial charge on any atom is -0.389 e. The van der Waals surface area contributed by atoms with Gasteiger partial charge in [-0.25, -0.2) is 8.78 Å². The van der Waals surface area contributed by atoms with Gasteiger partial charge in [-0.3, -0.25) is 0 Å². The lowest BCUT2D eigenvalue weighted by molar-refractivity contribution is 0.0323. The molecular formula is C9H8Cl2F2O2. The van der Waals surface area contributed by atoms with Gasteiger partial charge < -0.3 is 10.2 Å². The molecule has 0 aliphatic heterocycles. The number of aliphatic hydroxyl groups is 2. The summed E-state index contributed by atoms with van der Waals surface area (Å²) < 4.78 is 25.9. The average molecular weight is 257 g/mol. The summed E-state index contributed by atoms with van der Waals surface area (Å²) >= 11 is 10.5. The Kier molecular flexibility index (Phi) is 4.28. The standard InChI is InChI=1S/C9H8Cl2F2O2/c10-3-7(14)9(15)4-1-5(12)8(11)6(13)2-4/h1-2,7,9,14-15H,3H2. The van der Waals surface area contributed by atoms with Crippen LogP contribution in [0.15, 0.2) is 12.1 Å². The molecule has 84 valence electrons. The zero-order valence-electron chi connectivity index (χ0n) is 7.42. The van der Waals surface area contributed by atoms with Crippen molar-refractivity contribution < 1.29 is 19.0 Å². The number of benzene rings is 1. The second-order valence-electron chi connectivity index (χ2n) is 2.97. The smallest absolute Gasteiger partial charge is 0.145 e. The SMILES string of the molecule is OC(CCl)C(O)c1cc(F)c(Cl)c(F)c1. The predicted octanol–water partition coefficient (Wildman–Crippen LogP) is 2.25. The third kappa shape index (κ3) is 2.78. The van der Waals surface area contributed by atoms with Gasteiger partial charge in [0.25, 0.3) is 0 Å². The summed E-state index contributed by atoms with van der Waals surface area (Å²) in [5, 5.41) is 17.9. The maximum Gasteiger partial charge on any atom is 0.145 e. The first-order chi connectivity index (χ1) is 6.97. The van der Waals surface area contributed by atoms with Crippen molar-refractivity contribution in [1.82, 2.24) is 0 Å². The minimum atomic E-state index is -1.44. The summed E-state index contributed by atoms with van der Waals surface area (Å²) in [6.07, 6.45) is -2.73. The van der Waals surface area contributed by atoms with Crippen molar-refractivity contribution in [1.29, 1.82) is 0 Å². The molecule has 2 atom stereocenters. The summed E-state index contributed by atoms with van der Waals surface area (Å²) in [7, 11) is 0. The Balaban J connectivity index is 3.06. The Morgan fingerprint density at radius 1 is 1.20 bits per heavy atom. The molecule has 6 heteroatoms. The van der Waals surface area contributed by atoms with Crippen molar-refractivity contribution in [3.05, 3.63) is 34.4 Å². The number of hydrogen-bond acceptors (Lipinski definition) is 2. The molecule has 2 unspecified atom stereocenters. The quantitative estimate of drug-likeness (QED) is 0.644. The van der Waals surface area contributed by atoms with Gasteiger partial charge in [0, 0.05) is 0 Å². The molecule has 0 bridgehead atoms. The van der Waals surface area contributed by atoms with Crippen LogP contribution in [-0.2, 0) is 0 Å². The van der Waals surface area contributed by atoms with Gasteiger partial charge in [0.05, 0.1) is 12.0 Å². The molecule has 2 N–H and O–H groups in total.